The van der Waals surface area contributed by atoms with Gasteiger partial charge in [0, 0.05) is 21.6 Å². The van der Waals surface area contributed by atoms with Crippen molar-refractivity contribution in [2.75, 3.05) is 0 Å². The number of thiazole rings is 1. The molecule has 0 radical (unpaired) electrons. The molecule has 0 aromatic carbocycles. The summed E-state index contributed by atoms with van der Waals surface area (Å²) in [6, 6.07) is 8.33. The summed E-state index contributed by atoms with van der Waals surface area (Å²) < 4.78 is 0. The Labute approximate surface area is 148 Å². The first-order chi connectivity index (χ1) is 11.2. The third-order valence-corrected chi connectivity index (χ3v) is 6.22. The summed E-state index contributed by atoms with van der Waals surface area (Å²) in [5.74, 6) is 0.126. The van der Waals surface area contributed by atoms with Crippen molar-refractivity contribution in [2.45, 2.75) is 32.7 Å². The van der Waals surface area contributed by atoms with E-state index in [2.05, 4.69) is 45.3 Å². The van der Waals surface area contributed by atoms with Crippen LogP contribution in [0.4, 0.5) is 0 Å². The van der Waals surface area contributed by atoms with Gasteiger partial charge in [-0.15, -0.1) is 34.0 Å². The number of hydrogen-bond donors (Lipinski definition) is 1. The number of amides is 1. The normalized spacial score (nSPS) is 10.8. The number of aryl methyl sites for hydroxylation is 2. The van der Waals surface area contributed by atoms with Crippen molar-refractivity contribution < 1.29 is 4.79 Å². The minimum absolute atomic E-state index is 0.126. The Kier molecular flexibility index (Phi) is 5.59. The molecule has 0 atom stereocenters. The highest BCUT2D eigenvalue weighted by Crippen LogP contribution is 2.28. The second kappa shape index (κ2) is 7.86. The van der Waals surface area contributed by atoms with Crippen LogP contribution < -0.4 is 5.32 Å². The van der Waals surface area contributed by atoms with Gasteiger partial charge in [0.15, 0.2) is 0 Å². The van der Waals surface area contributed by atoms with Crippen LogP contribution in [0.25, 0.3) is 10.6 Å². The van der Waals surface area contributed by atoms with Gasteiger partial charge in [0.05, 0.1) is 22.1 Å². The summed E-state index contributed by atoms with van der Waals surface area (Å²) in [5.41, 5.74) is 1.03. The molecule has 0 spiro atoms. The molecule has 6 heteroatoms. The molecule has 3 heterocycles. The fourth-order valence-corrected chi connectivity index (χ4v) is 4.59. The molecule has 0 fully saturated rings. The predicted octanol–water partition coefficient (Wildman–Crippen LogP) is 4.88. The number of carbonyl (C=O) groups is 1. The second-order valence-electron chi connectivity index (χ2n) is 5.23. The van der Waals surface area contributed by atoms with Gasteiger partial charge in [0.25, 0.3) is 0 Å². The standard InChI is InChI=1S/C17H18N2OS3/c1-12-19-15(11-22-12)16-8-7-14(23-16)10-18-17(20)6-2-4-13-5-3-9-21-13/h3,5,7-9,11H,2,4,6,10H2,1H3,(H,18,20). The van der Waals surface area contributed by atoms with E-state index in [1.807, 2.05) is 6.92 Å². The lowest BCUT2D eigenvalue weighted by molar-refractivity contribution is -0.121. The molecule has 0 bridgehead atoms. The number of hydrogen-bond acceptors (Lipinski definition) is 5. The maximum atomic E-state index is 11.9. The average Bonchev–Trinajstić information content (AvgIpc) is 3.26. The van der Waals surface area contributed by atoms with Gasteiger partial charge >= 0.3 is 0 Å². The number of carbonyl (C=O) groups excluding carboxylic acids is 1. The van der Waals surface area contributed by atoms with Crippen LogP contribution in [0.3, 0.4) is 0 Å². The Balaban J connectivity index is 1.43. The molecule has 23 heavy (non-hydrogen) atoms. The van der Waals surface area contributed by atoms with E-state index in [4.69, 9.17) is 0 Å². The van der Waals surface area contributed by atoms with Crippen LogP contribution in [0, 0.1) is 6.92 Å². The van der Waals surface area contributed by atoms with Crippen LogP contribution in [0.1, 0.15) is 27.6 Å². The van der Waals surface area contributed by atoms with E-state index in [1.165, 1.54) is 4.88 Å². The van der Waals surface area contributed by atoms with E-state index in [0.717, 1.165) is 33.3 Å². The van der Waals surface area contributed by atoms with E-state index in [0.29, 0.717) is 13.0 Å². The molecule has 120 valence electrons. The molecular formula is C17H18N2OS3. The number of aromatic nitrogens is 1. The molecule has 0 aliphatic carbocycles. The van der Waals surface area contributed by atoms with Crippen molar-refractivity contribution in [3.05, 3.63) is 49.8 Å². The van der Waals surface area contributed by atoms with E-state index >= 15 is 0 Å². The zero-order valence-electron chi connectivity index (χ0n) is 12.9. The first kappa shape index (κ1) is 16.4. The Morgan fingerprint density at radius 2 is 2.13 bits per heavy atom. The van der Waals surface area contributed by atoms with Gasteiger partial charge < -0.3 is 5.32 Å². The smallest absolute Gasteiger partial charge is 0.220 e. The molecule has 3 rings (SSSR count). The zero-order valence-corrected chi connectivity index (χ0v) is 15.3. The molecule has 0 saturated carbocycles. The minimum atomic E-state index is 0.126. The third-order valence-electron chi connectivity index (χ3n) is 3.40. The van der Waals surface area contributed by atoms with E-state index in [9.17, 15) is 4.79 Å². The summed E-state index contributed by atoms with van der Waals surface area (Å²) in [5, 5.41) is 8.24. The summed E-state index contributed by atoms with van der Waals surface area (Å²) >= 11 is 5.11. The molecule has 0 aliphatic heterocycles. The van der Waals surface area contributed by atoms with Crippen LogP contribution in [0.15, 0.2) is 35.0 Å². The quantitative estimate of drug-likeness (QED) is 0.651. The monoisotopic (exact) mass is 362 g/mol. The molecule has 0 saturated heterocycles. The van der Waals surface area contributed by atoms with Crippen molar-refractivity contribution in [1.82, 2.24) is 10.3 Å². The molecule has 3 aromatic heterocycles. The van der Waals surface area contributed by atoms with Gasteiger partial charge in [0.1, 0.15) is 0 Å². The minimum Gasteiger partial charge on any atom is -0.351 e. The molecule has 1 N–H and O–H groups in total. The molecule has 3 nitrogen and oxygen atoms in total. The van der Waals surface area contributed by atoms with Gasteiger partial charge in [-0.05, 0) is 43.3 Å². The molecule has 1 amide bonds. The van der Waals surface area contributed by atoms with E-state index < -0.39 is 0 Å². The summed E-state index contributed by atoms with van der Waals surface area (Å²) in [6.45, 7) is 2.62. The van der Waals surface area contributed by atoms with Crippen molar-refractivity contribution >= 4 is 39.9 Å². The molecule has 3 aromatic rings. The van der Waals surface area contributed by atoms with Gasteiger partial charge in [-0.1, -0.05) is 6.07 Å². The fraction of sp³-hybridized carbons (Fsp3) is 0.294. The van der Waals surface area contributed by atoms with Crippen molar-refractivity contribution in [1.29, 1.82) is 0 Å². The Morgan fingerprint density at radius 1 is 1.22 bits per heavy atom. The maximum Gasteiger partial charge on any atom is 0.220 e. The third kappa shape index (κ3) is 4.73. The molecular weight excluding hydrogens is 344 g/mol. The van der Waals surface area contributed by atoms with E-state index in [1.54, 1.807) is 34.0 Å². The molecule has 0 unspecified atom stereocenters. The van der Waals surface area contributed by atoms with Crippen LogP contribution in [-0.2, 0) is 17.8 Å². The highest BCUT2D eigenvalue weighted by atomic mass is 32.1. The van der Waals surface area contributed by atoms with Crippen molar-refractivity contribution in [2.24, 2.45) is 0 Å². The Bertz CT molecular complexity index is 759. The van der Waals surface area contributed by atoms with Crippen molar-refractivity contribution in [3.63, 3.8) is 0 Å². The average molecular weight is 363 g/mol. The number of thiophene rings is 2. The maximum absolute atomic E-state index is 11.9. The summed E-state index contributed by atoms with van der Waals surface area (Å²) in [4.78, 5) is 20.1. The van der Waals surface area contributed by atoms with Crippen LogP contribution in [0.2, 0.25) is 0 Å². The summed E-state index contributed by atoms with van der Waals surface area (Å²) in [7, 11) is 0. The topological polar surface area (TPSA) is 42.0 Å². The predicted molar refractivity (Wildman–Crippen MR) is 99.3 cm³/mol. The van der Waals surface area contributed by atoms with Gasteiger partial charge in [-0.25, -0.2) is 4.98 Å². The number of nitrogens with one attached hydrogen (secondary N) is 1. The first-order valence-corrected chi connectivity index (χ1v) is 10.1. The summed E-state index contributed by atoms with van der Waals surface area (Å²) in [6.07, 6.45) is 2.47. The lowest BCUT2D eigenvalue weighted by Gasteiger charge is -2.03. The van der Waals surface area contributed by atoms with Crippen LogP contribution in [0.5, 0.6) is 0 Å². The van der Waals surface area contributed by atoms with Gasteiger partial charge in [0.2, 0.25) is 5.91 Å². The lowest BCUT2D eigenvalue weighted by atomic mass is 10.2. The van der Waals surface area contributed by atoms with Crippen molar-refractivity contribution in [3.8, 4) is 10.6 Å². The SMILES string of the molecule is Cc1nc(-c2ccc(CNC(=O)CCCc3cccs3)s2)cs1. The molecule has 0 aliphatic rings. The van der Waals surface area contributed by atoms with Gasteiger partial charge in [-0.2, -0.15) is 0 Å². The number of nitrogens with zero attached hydrogens (tertiary/aromatic N) is 1. The lowest BCUT2D eigenvalue weighted by Crippen LogP contribution is -2.21. The van der Waals surface area contributed by atoms with E-state index in [-0.39, 0.29) is 5.91 Å². The largest absolute Gasteiger partial charge is 0.351 e. The second-order valence-corrected chi connectivity index (χ2v) is 8.49. The van der Waals surface area contributed by atoms with Crippen LogP contribution in [-0.4, -0.2) is 10.9 Å². The Morgan fingerprint density at radius 3 is 2.87 bits per heavy atom. The van der Waals surface area contributed by atoms with Gasteiger partial charge in [-0.3, -0.25) is 4.79 Å². The Hall–Kier alpha value is -1.50. The fourth-order valence-electron chi connectivity index (χ4n) is 2.24. The highest BCUT2D eigenvalue weighted by molar-refractivity contribution is 7.16. The first-order valence-electron chi connectivity index (χ1n) is 7.51. The zero-order chi connectivity index (χ0) is 16.1. The van der Waals surface area contributed by atoms with Crippen LogP contribution >= 0.6 is 34.0 Å². The number of rotatable bonds is 7. The highest BCUT2D eigenvalue weighted by Gasteiger charge is 2.07.